The number of nitrogens with one attached hydrogen (secondary N) is 1. The normalized spacial score (nSPS) is 13.6. The van der Waals surface area contributed by atoms with Crippen LogP contribution in [0.1, 0.15) is 35.2 Å². The van der Waals surface area contributed by atoms with Gasteiger partial charge in [-0.25, -0.2) is 30.3 Å². The second-order valence-electron chi connectivity index (χ2n) is 7.90. The van der Waals surface area contributed by atoms with Gasteiger partial charge in [0.15, 0.2) is 0 Å². The Labute approximate surface area is 199 Å². The number of benzene rings is 3. The van der Waals surface area contributed by atoms with Crippen molar-refractivity contribution in [2.24, 2.45) is 0 Å². The summed E-state index contributed by atoms with van der Waals surface area (Å²) in [5.74, 6) is -2.85. The molecule has 0 aliphatic carbocycles. The second kappa shape index (κ2) is 9.67. The van der Waals surface area contributed by atoms with Crippen molar-refractivity contribution in [2.45, 2.75) is 35.4 Å². The van der Waals surface area contributed by atoms with E-state index in [-0.39, 0.29) is 12.0 Å². The third-order valence-corrected chi connectivity index (χ3v) is 7.81. The highest BCUT2D eigenvalue weighted by Crippen LogP contribution is 2.35. The van der Waals surface area contributed by atoms with E-state index in [0.717, 1.165) is 18.4 Å². The fourth-order valence-electron chi connectivity index (χ4n) is 3.51. The van der Waals surface area contributed by atoms with Gasteiger partial charge in [0.1, 0.15) is 16.5 Å². The molecule has 5 nitrogen and oxygen atoms in total. The Kier molecular flexibility index (Phi) is 7.39. The van der Waals surface area contributed by atoms with E-state index in [1.165, 1.54) is 0 Å². The average molecular weight is 534 g/mol. The lowest BCUT2D eigenvalue weighted by Crippen LogP contribution is -2.25. The van der Waals surface area contributed by atoms with Gasteiger partial charge in [-0.15, -0.1) is 0 Å². The van der Waals surface area contributed by atoms with E-state index >= 15 is 0 Å². The minimum absolute atomic E-state index is 0.101. The monoisotopic (exact) mass is 533 g/mol. The highest BCUT2D eigenvalue weighted by Gasteiger charge is 2.35. The first-order valence-electron chi connectivity index (χ1n) is 10.0. The van der Waals surface area contributed by atoms with Crippen LogP contribution in [0.5, 0.6) is 0 Å². The SMILES string of the molecule is C[C@H](NS(C)(=O)=O)c1ccc(Cc2ccc(C(F)(F)F)cc2S(=O)(=O)c2c(F)cccc2F)cc1. The predicted octanol–water partition coefficient (Wildman–Crippen LogP) is 5.02. The zero-order valence-corrected chi connectivity index (χ0v) is 20.0. The smallest absolute Gasteiger partial charge is 0.218 e. The number of halogens is 5. The molecular weight excluding hydrogens is 513 g/mol. The van der Waals surface area contributed by atoms with Gasteiger partial charge in [0.25, 0.3) is 0 Å². The van der Waals surface area contributed by atoms with E-state index < -0.39 is 59.1 Å². The third kappa shape index (κ3) is 6.24. The largest absolute Gasteiger partial charge is 0.416 e. The van der Waals surface area contributed by atoms with Crippen LogP contribution in [-0.2, 0) is 32.5 Å². The summed E-state index contributed by atoms with van der Waals surface area (Å²) in [6.45, 7) is 1.61. The summed E-state index contributed by atoms with van der Waals surface area (Å²) in [5.41, 5.74) is -0.318. The molecule has 0 fully saturated rings. The van der Waals surface area contributed by atoms with Crippen LogP contribution in [0.2, 0.25) is 0 Å². The van der Waals surface area contributed by atoms with E-state index in [2.05, 4.69) is 4.72 Å². The van der Waals surface area contributed by atoms with Crippen molar-refractivity contribution in [1.29, 1.82) is 0 Å². The fourth-order valence-corrected chi connectivity index (χ4v) is 5.92. The number of rotatable bonds is 7. The van der Waals surface area contributed by atoms with Gasteiger partial charge in [-0.2, -0.15) is 13.2 Å². The van der Waals surface area contributed by atoms with Gasteiger partial charge in [-0.1, -0.05) is 36.4 Å². The summed E-state index contributed by atoms with van der Waals surface area (Å²) in [4.78, 5) is -2.20. The molecule has 0 aliphatic heterocycles. The molecule has 35 heavy (non-hydrogen) atoms. The number of alkyl halides is 3. The summed E-state index contributed by atoms with van der Waals surface area (Å²) in [6, 6.07) is 10.0. The van der Waals surface area contributed by atoms with Crippen molar-refractivity contribution >= 4 is 19.9 Å². The Morgan fingerprint density at radius 2 is 1.46 bits per heavy atom. The molecule has 0 saturated heterocycles. The Bertz CT molecular complexity index is 1430. The molecule has 1 atom stereocenters. The number of sulfone groups is 1. The minimum Gasteiger partial charge on any atom is -0.218 e. The quantitative estimate of drug-likeness (QED) is 0.433. The topological polar surface area (TPSA) is 80.3 Å². The molecule has 3 aromatic carbocycles. The first kappa shape index (κ1) is 26.8. The van der Waals surface area contributed by atoms with Crippen LogP contribution in [-0.4, -0.2) is 23.1 Å². The predicted molar refractivity (Wildman–Crippen MR) is 119 cm³/mol. The van der Waals surface area contributed by atoms with Crippen LogP contribution in [0, 0.1) is 11.6 Å². The molecule has 0 aromatic heterocycles. The van der Waals surface area contributed by atoms with Crippen LogP contribution in [0.25, 0.3) is 0 Å². The molecule has 12 heteroatoms. The Morgan fingerprint density at radius 3 is 1.97 bits per heavy atom. The van der Waals surface area contributed by atoms with Crippen LogP contribution < -0.4 is 4.72 Å². The maximum atomic E-state index is 14.3. The lowest BCUT2D eigenvalue weighted by molar-refractivity contribution is -0.137. The first-order chi connectivity index (χ1) is 16.1. The molecule has 0 aliphatic rings. The number of hydrogen-bond donors (Lipinski definition) is 1. The van der Waals surface area contributed by atoms with Gasteiger partial charge in [-0.3, -0.25) is 0 Å². The first-order valence-corrected chi connectivity index (χ1v) is 13.4. The highest BCUT2D eigenvalue weighted by molar-refractivity contribution is 7.91. The van der Waals surface area contributed by atoms with Gasteiger partial charge in [0.2, 0.25) is 19.9 Å². The standard InChI is InChI=1S/C23H20F5NO4S2/c1-14(29-34(2,30)31)16-8-6-15(7-9-16)12-17-10-11-18(23(26,27)28)13-21(17)35(32,33)22-19(24)4-3-5-20(22)25/h3-11,13-14,29H,12H2,1-2H3/t14-/m0/s1. The van der Waals surface area contributed by atoms with E-state index in [9.17, 15) is 38.8 Å². The number of sulfonamides is 1. The summed E-state index contributed by atoms with van der Waals surface area (Å²) < 4.78 is 120. The molecule has 0 saturated carbocycles. The van der Waals surface area contributed by atoms with Crippen molar-refractivity contribution in [2.75, 3.05) is 6.26 Å². The fraction of sp³-hybridized carbons (Fsp3) is 0.217. The van der Waals surface area contributed by atoms with Gasteiger partial charge < -0.3 is 0 Å². The van der Waals surface area contributed by atoms with E-state index in [1.807, 2.05) is 0 Å². The molecule has 0 amide bonds. The summed E-state index contributed by atoms with van der Waals surface area (Å²) in [5, 5.41) is 0. The molecule has 0 spiro atoms. The van der Waals surface area contributed by atoms with Crippen molar-refractivity contribution in [1.82, 2.24) is 4.72 Å². The molecule has 188 valence electrons. The molecule has 0 heterocycles. The molecule has 1 N–H and O–H groups in total. The van der Waals surface area contributed by atoms with E-state index in [1.54, 1.807) is 31.2 Å². The lowest BCUT2D eigenvalue weighted by Gasteiger charge is -2.16. The zero-order valence-electron chi connectivity index (χ0n) is 18.4. The average Bonchev–Trinajstić information content (AvgIpc) is 2.72. The van der Waals surface area contributed by atoms with Crippen molar-refractivity contribution in [3.63, 3.8) is 0 Å². The summed E-state index contributed by atoms with van der Waals surface area (Å²) in [6.07, 6.45) is -4.05. The third-order valence-electron chi connectivity index (χ3n) is 5.14. The second-order valence-corrected chi connectivity index (χ2v) is 11.5. The van der Waals surface area contributed by atoms with Crippen LogP contribution in [0.4, 0.5) is 22.0 Å². The van der Waals surface area contributed by atoms with Crippen molar-refractivity contribution in [3.8, 4) is 0 Å². The van der Waals surface area contributed by atoms with Gasteiger partial charge in [0, 0.05) is 6.04 Å². The van der Waals surface area contributed by atoms with E-state index in [0.29, 0.717) is 35.4 Å². The van der Waals surface area contributed by atoms with Crippen LogP contribution in [0.15, 0.2) is 70.5 Å². The maximum absolute atomic E-state index is 14.3. The molecule has 0 radical (unpaired) electrons. The molecule has 3 aromatic rings. The number of hydrogen-bond acceptors (Lipinski definition) is 4. The molecule has 3 rings (SSSR count). The Hall–Kier alpha value is -2.83. The van der Waals surface area contributed by atoms with Gasteiger partial charge in [-0.05, 0) is 54.3 Å². The zero-order chi connectivity index (χ0) is 26.2. The van der Waals surface area contributed by atoms with Gasteiger partial charge >= 0.3 is 6.18 Å². The Balaban J connectivity index is 2.07. The minimum atomic E-state index is -5.00. The molecule has 0 unspecified atom stereocenters. The highest BCUT2D eigenvalue weighted by atomic mass is 32.2. The van der Waals surface area contributed by atoms with Crippen molar-refractivity contribution < 1.29 is 38.8 Å². The van der Waals surface area contributed by atoms with Crippen molar-refractivity contribution in [3.05, 3.63) is 94.6 Å². The van der Waals surface area contributed by atoms with Crippen LogP contribution in [0.3, 0.4) is 0 Å². The lowest BCUT2D eigenvalue weighted by atomic mass is 10.0. The molecule has 0 bridgehead atoms. The van der Waals surface area contributed by atoms with Crippen LogP contribution >= 0.6 is 0 Å². The molecular formula is C23H20F5NO4S2. The van der Waals surface area contributed by atoms with E-state index in [4.69, 9.17) is 0 Å². The van der Waals surface area contributed by atoms with Gasteiger partial charge in [0.05, 0.1) is 16.7 Å². The Morgan fingerprint density at radius 1 is 0.886 bits per heavy atom. The summed E-state index contributed by atoms with van der Waals surface area (Å²) >= 11 is 0. The summed E-state index contributed by atoms with van der Waals surface area (Å²) in [7, 11) is -8.47. The maximum Gasteiger partial charge on any atom is 0.416 e.